The average Bonchev–Trinajstić information content (AvgIpc) is 2.46. The minimum absolute atomic E-state index is 0.0543. The summed E-state index contributed by atoms with van der Waals surface area (Å²) in [7, 11) is 0. The lowest BCUT2D eigenvalue weighted by Crippen LogP contribution is -2.13. The van der Waals surface area contributed by atoms with E-state index in [0.717, 1.165) is 17.2 Å². The van der Waals surface area contributed by atoms with Crippen LogP contribution < -0.4 is 5.32 Å². The first-order chi connectivity index (χ1) is 10.8. The van der Waals surface area contributed by atoms with Gasteiger partial charge in [-0.3, -0.25) is 0 Å². The van der Waals surface area contributed by atoms with Gasteiger partial charge in [-0.25, -0.2) is 4.39 Å². The lowest BCUT2D eigenvalue weighted by molar-refractivity contribution is -0.138. The summed E-state index contributed by atoms with van der Waals surface area (Å²) in [6.45, 7) is 3.91. The molecule has 1 aromatic heterocycles. The van der Waals surface area contributed by atoms with Gasteiger partial charge in [0, 0.05) is 11.8 Å². The van der Waals surface area contributed by atoms with Gasteiger partial charge in [0.05, 0.1) is 5.56 Å². The minimum Gasteiger partial charge on any atom is -0.364 e. The van der Waals surface area contributed by atoms with Crippen molar-refractivity contribution in [2.75, 3.05) is 5.32 Å². The number of thioether (sulfide) groups is 1. The van der Waals surface area contributed by atoms with Gasteiger partial charge in [0.15, 0.2) is 0 Å². The summed E-state index contributed by atoms with van der Waals surface area (Å²) >= 11 is 1.54. The van der Waals surface area contributed by atoms with Crippen LogP contribution in [0.5, 0.6) is 0 Å². The van der Waals surface area contributed by atoms with Crippen molar-refractivity contribution in [1.29, 1.82) is 0 Å². The highest BCUT2D eigenvalue weighted by atomic mass is 32.2. The number of rotatable bonds is 5. The number of hydrogen-bond acceptors (Lipinski definition) is 4. The van der Waals surface area contributed by atoms with Gasteiger partial charge in [-0.2, -0.15) is 13.2 Å². The van der Waals surface area contributed by atoms with Gasteiger partial charge in [-0.15, -0.1) is 22.0 Å². The molecule has 0 unspecified atom stereocenters. The summed E-state index contributed by atoms with van der Waals surface area (Å²) in [5.41, 5.74) is -1.05. The molecule has 23 heavy (non-hydrogen) atoms. The quantitative estimate of drug-likeness (QED) is 0.627. The maximum absolute atomic E-state index is 13.0. The number of nitrogens with zero attached hydrogens (tertiary/aromatic N) is 2. The van der Waals surface area contributed by atoms with Crippen LogP contribution in [0.25, 0.3) is 0 Å². The predicted octanol–water partition coefficient (Wildman–Crippen LogP) is 4.75. The lowest BCUT2D eigenvalue weighted by Gasteiger charge is -2.13. The molecule has 3 nitrogen and oxygen atoms in total. The molecule has 8 heteroatoms. The molecule has 1 aromatic carbocycles. The Morgan fingerprint density at radius 2 is 1.87 bits per heavy atom. The van der Waals surface area contributed by atoms with Crippen molar-refractivity contribution in [2.45, 2.75) is 36.8 Å². The average molecular weight is 345 g/mol. The molecular formula is C15H15F4N3S. The fourth-order valence-corrected chi connectivity index (χ4v) is 2.59. The Kier molecular flexibility index (Phi) is 5.46. The molecule has 0 bridgehead atoms. The van der Waals surface area contributed by atoms with E-state index in [-0.39, 0.29) is 12.1 Å². The Balaban J connectivity index is 2.09. The van der Waals surface area contributed by atoms with E-state index in [0.29, 0.717) is 17.1 Å². The zero-order valence-corrected chi connectivity index (χ0v) is 13.3. The molecule has 0 radical (unpaired) electrons. The number of halogens is 4. The van der Waals surface area contributed by atoms with Crippen LogP contribution >= 0.6 is 11.8 Å². The van der Waals surface area contributed by atoms with Crippen LogP contribution in [-0.2, 0) is 12.7 Å². The lowest BCUT2D eigenvalue weighted by atomic mass is 10.1. The number of nitrogens with one attached hydrogen (secondary N) is 1. The van der Waals surface area contributed by atoms with E-state index in [2.05, 4.69) is 15.5 Å². The second-order valence-corrected chi connectivity index (χ2v) is 6.67. The van der Waals surface area contributed by atoms with E-state index in [9.17, 15) is 17.6 Å². The summed E-state index contributed by atoms with van der Waals surface area (Å²) in [5.74, 6) is -0.563. The molecule has 0 saturated carbocycles. The van der Waals surface area contributed by atoms with E-state index in [4.69, 9.17) is 0 Å². The molecule has 0 saturated heterocycles. The summed E-state index contributed by atoms with van der Waals surface area (Å²) in [6.07, 6.45) is -4.61. The normalized spacial score (nSPS) is 11.8. The zero-order chi connectivity index (χ0) is 17.0. The fourth-order valence-electron chi connectivity index (χ4n) is 1.87. The number of benzene rings is 1. The highest BCUT2D eigenvalue weighted by molar-refractivity contribution is 7.99. The zero-order valence-electron chi connectivity index (χ0n) is 12.5. The molecule has 0 spiro atoms. The third-order valence-electron chi connectivity index (χ3n) is 2.83. The largest absolute Gasteiger partial charge is 0.416 e. The molecule has 0 atom stereocenters. The Morgan fingerprint density at radius 1 is 1.13 bits per heavy atom. The van der Waals surface area contributed by atoms with Gasteiger partial charge >= 0.3 is 6.18 Å². The maximum Gasteiger partial charge on any atom is 0.416 e. The van der Waals surface area contributed by atoms with Crippen molar-refractivity contribution in [1.82, 2.24) is 10.2 Å². The number of aromatic nitrogens is 2. The molecular weight excluding hydrogens is 330 g/mol. The van der Waals surface area contributed by atoms with Gasteiger partial charge in [0.25, 0.3) is 0 Å². The molecule has 0 amide bonds. The smallest absolute Gasteiger partial charge is 0.364 e. The summed E-state index contributed by atoms with van der Waals surface area (Å²) < 4.78 is 51.8. The number of anilines is 1. The standard InChI is InChI=1S/C15H15F4N3S/c1-9(2)23-14-6-5-13(21-22-14)20-8-10-3-4-11(16)7-12(10)15(17,18)19/h3-7,9H,8H2,1-2H3,(H,20,21). The van der Waals surface area contributed by atoms with Crippen LogP contribution in [0.2, 0.25) is 0 Å². The van der Waals surface area contributed by atoms with Crippen molar-refractivity contribution in [3.63, 3.8) is 0 Å². The first-order valence-electron chi connectivity index (χ1n) is 6.85. The predicted molar refractivity (Wildman–Crippen MR) is 81.8 cm³/mol. The van der Waals surface area contributed by atoms with Gasteiger partial charge in [0.2, 0.25) is 0 Å². The molecule has 0 aliphatic carbocycles. The third kappa shape index (κ3) is 5.09. The van der Waals surface area contributed by atoms with E-state index in [1.807, 2.05) is 13.8 Å². The highest BCUT2D eigenvalue weighted by Crippen LogP contribution is 2.32. The third-order valence-corrected chi connectivity index (χ3v) is 3.76. The minimum atomic E-state index is -4.61. The molecule has 2 rings (SSSR count). The fraction of sp³-hybridized carbons (Fsp3) is 0.333. The first-order valence-corrected chi connectivity index (χ1v) is 7.73. The Hall–Kier alpha value is -1.83. The second-order valence-electron chi connectivity index (χ2n) is 5.08. The second kappa shape index (κ2) is 7.16. The Bertz CT molecular complexity index is 657. The van der Waals surface area contributed by atoms with Gasteiger partial charge in [-0.05, 0) is 29.8 Å². The number of alkyl halides is 3. The maximum atomic E-state index is 13.0. The van der Waals surface area contributed by atoms with E-state index in [1.165, 1.54) is 11.8 Å². The Morgan fingerprint density at radius 3 is 2.43 bits per heavy atom. The van der Waals surface area contributed by atoms with Gasteiger partial charge < -0.3 is 5.32 Å². The monoisotopic (exact) mass is 345 g/mol. The SMILES string of the molecule is CC(C)Sc1ccc(NCc2ccc(F)cc2C(F)(F)F)nn1. The Labute approximate surface area is 135 Å². The summed E-state index contributed by atoms with van der Waals surface area (Å²) in [5, 5.41) is 11.8. The topological polar surface area (TPSA) is 37.8 Å². The van der Waals surface area contributed by atoms with Crippen LogP contribution in [-0.4, -0.2) is 15.4 Å². The highest BCUT2D eigenvalue weighted by Gasteiger charge is 2.33. The van der Waals surface area contributed by atoms with Gasteiger partial charge in [-0.1, -0.05) is 19.9 Å². The molecule has 0 fully saturated rings. The summed E-state index contributed by atoms with van der Waals surface area (Å²) in [6, 6.07) is 6.00. The molecule has 124 valence electrons. The van der Waals surface area contributed by atoms with Crippen molar-refractivity contribution in [2.24, 2.45) is 0 Å². The molecule has 1 heterocycles. The summed E-state index contributed by atoms with van der Waals surface area (Å²) in [4.78, 5) is 0. The molecule has 0 aliphatic heterocycles. The van der Waals surface area contributed by atoms with E-state index >= 15 is 0 Å². The van der Waals surface area contributed by atoms with Crippen LogP contribution in [0.3, 0.4) is 0 Å². The molecule has 0 aliphatic rings. The van der Waals surface area contributed by atoms with Crippen LogP contribution in [0.1, 0.15) is 25.0 Å². The van der Waals surface area contributed by atoms with E-state index in [1.54, 1.807) is 12.1 Å². The van der Waals surface area contributed by atoms with Crippen molar-refractivity contribution in [3.05, 3.63) is 47.3 Å². The van der Waals surface area contributed by atoms with Crippen molar-refractivity contribution in [3.8, 4) is 0 Å². The van der Waals surface area contributed by atoms with Crippen molar-refractivity contribution < 1.29 is 17.6 Å². The molecule has 2 aromatic rings. The van der Waals surface area contributed by atoms with Crippen LogP contribution in [0.4, 0.5) is 23.4 Å². The van der Waals surface area contributed by atoms with E-state index < -0.39 is 17.6 Å². The van der Waals surface area contributed by atoms with Crippen LogP contribution in [0, 0.1) is 5.82 Å². The van der Waals surface area contributed by atoms with Gasteiger partial charge in [0.1, 0.15) is 16.7 Å². The van der Waals surface area contributed by atoms with Crippen LogP contribution in [0.15, 0.2) is 35.4 Å². The molecule has 1 N–H and O–H groups in total. The first kappa shape index (κ1) is 17.5. The van der Waals surface area contributed by atoms with Crippen molar-refractivity contribution >= 4 is 17.6 Å². The number of hydrogen-bond donors (Lipinski definition) is 1.